The molecule has 2 aliphatic carbocycles. The zero-order valence-electron chi connectivity index (χ0n) is 10.1. The summed E-state index contributed by atoms with van der Waals surface area (Å²) in [6.07, 6.45) is 17.0. The van der Waals surface area contributed by atoms with Crippen molar-refractivity contribution in [3.05, 3.63) is 46.6 Å². The summed E-state index contributed by atoms with van der Waals surface area (Å²) < 4.78 is 0. The molecule has 0 atom stereocenters. The van der Waals surface area contributed by atoms with Crippen molar-refractivity contribution >= 4 is 0 Å². The summed E-state index contributed by atoms with van der Waals surface area (Å²) in [5.74, 6) is 0. The minimum Gasteiger partial charge on any atom is -0.358 e. The first-order valence-electron chi connectivity index (χ1n) is 4.30. The van der Waals surface area contributed by atoms with E-state index in [0.717, 1.165) is 0 Å². The minimum atomic E-state index is 0. The largest absolute Gasteiger partial charge is 3.00 e. The standard InChI is InChI=1S/2C5H8.CH4.3CH3.Zr/c2*1-2-4-5-3-1;;;;;/h2*1-2H,3-5H2;1H4;3*1H3;/q;;;3*-1;+3. The van der Waals surface area contributed by atoms with Crippen molar-refractivity contribution in [2.24, 2.45) is 0 Å². The predicted molar refractivity (Wildman–Crippen MR) is 72.0 cm³/mol. The zero-order chi connectivity index (χ0) is 7.07. The van der Waals surface area contributed by atoms with E-state index in [-0.39, 0.29) is 55.9 Å². The van der Waals surface area contributed by atoms with Crippen LogP contribution in [0.1, 0.15) is 46.0 Å². The molecule has 0 fully saturated rings. The molecule has 0 unspecified atom stereocenters. The summed E-state index contributed by atoms with van der Waals surface area (Å²) in [7, 11) is 0. The number of hydrogen-bond acceptors (Lipinski definition) is 0. The maximum absolute atomic E-state index is 2.24. The summed E-state index contributed by atoms with van der Waals surface area (Å²) in [6.45, 7) is 0. The van der Waals surface area contributed by atoms with Crippen LogP contribution >= 0.6 is 0 Å². The Morgan fingerprint density at radius 2 is 0.733 bits per heavy atom. The molecule has 15 heavy (non-hydrogen) atoms. The van der Waals surface area contributed by atoms with E-state index >= 15 is 0 Å². The first-order valence-corrected chi connectivity index (χ1v) is 4.30. The Morgan fingerprint density at radius 1 is 0.533 bits per heavy atom. The molecule has 0 nitrogen and oxygen atoms in total. The molecule has 0 aromatic heterocycles. The Hall–Kier alpha value is 0.363. The van der Waals surface area contributed by atoms with Crippen molar-refractivity contribution in [1.29, 1.82) is 0 Å². The first kappa shape index (κ1) is 29.5. The van der Waals surface area contributed by atoms with E-state index < -0.39 is 0 Å². The Labute approximate surface area is 118 Å². The second-order valence-corrected chi connectivity index (χ2v) is 2.80. The molecule has 0 aromatic carbocycles. The second kappa shape index (κ2) is 23.9. The van der Waals surface area contributed by atoms with Gasteiger partial charge in [0, 0.05) is 0 Å². The third-order valence-corrected chi connectivity index (χ3v) is 1.82. The van der Waals surface area contributed by atoms with Gasteiger partial charge in [0.15, 0.2) is 0 Å². The molecule has 1 radical (unpaired) electrons. The maximum atomic E-state index is 2.24. The normalized spacial score (nSPS) is 13.9. The SMILES string of the molecule is C.C1=CCCC1.C1=CCCC1.[CH3-].[CH3-].[CH3-].[Zr+3]. The van der Waals surface area contributed by atoms with Gasteiger partial charge in [0.2, 0.25) is 0 Å². The molecule has 0 aliphatic heterocycles. The summed E-state index contributed by atoms with van der Waals surface area (Å²) in [4.78, 5) is 0. The van der Waals surface area contributed by atoms with Gasteiger partial charge in [0.05, 0.1) is 0 Å². The fourth-order valence-corrected chi connectivity index (χ4v) is 1.18. The molecule has 0 aromatic rings. The van der Waals surface area contributed by atoms with E-state index in [1.54, 1.807) is 0 Å². The van der Waals surface area contributed by atoms with Crippen LogP contribution in [0.15, 0.2) is 24.3 Å². The summed E-state index contributed by atoms with van der Waals surface area (Å²) in [5, 5.41) is 0. The van der Waals surface area contributed by atoms with Gasteiger partial charge in [-0.2, -0.15) is 0 Å². The fourth-order valence-electron chi connectivity index (χ4n) is 1.18. The topological polar surface area (TPSA) is 0 Å². The van der Waals surface area contributed by atoms with Gasteiger partial charge in [0.25, 0.3) is 0 Å². The second-order valence-electron chi connectivity index (χ2n) is 2.80. The van der Waals surface area contributed by atoms with E-state index in [0.29, 0.717) is 0 Å². The molecule has 0 heterocycles. The number of allylic oxidation sites excluding steroid dienone is 4. The van der Waals surface area contributed by atoms with Gasteiger partial charge in [-0.3, -0.25) is 0 Å². The summed E-state index contributed by atoms with van der Waals surface area (Å²) in [5.41, 5.74) is 0. The third kappa shape index (κ3) is 20.4. The van der Waals surface area contributed by atoms with Crippen LogP contribution in [-0.4, -0.2) is 0 Å². The van der Waals surface area contributed by atoms with E-state index in [1.807, 2.05) is 0 Å². The van der Waals surface area contributed by atoms with Crippen LogP contribution in [0.4, 0.5) is 0 Å². The van der Waals surface area contributed by atoms with E-state index in [4.69, 9.17) is 0 Å². The van der Waals surface area contributed by atoms with Crippen LogP contribution in [-0.2, 0) is 26.2 Å². The van der Waals surface area contributed by atoms with Gasteiger partial charge in [-0.25, -0.2) is 0 Å². The van der Waals surface area contributed by atoms with Gasteiger partial charge < -0.3 is 22.3 Å². The number of hydrogen-bond donors (Lipinski definition) is 0. The van der Waals surface area contributed by atoms with Gasteiger partial charge in [-0.05, 0) is 38.5 Å². The first-order chi connectivity index (χ1) is 5.00. The van der Waals surface area contributed by atoms with Gasteiger partial charge >= 0.3 is 26.2 Å². The van der Waals surface area contributed by atoms with Crippen LogP contribution in [0, 0.1) is 22.3 Å². The van der Waals surface area contributed by atoms with Crippen LogP contribution in [0.3, 0.4) is 0 Å². The van der Waals surface area contributed by atoms with Crippen molar-refractivity contribution in [2.75, 3.05) is 0 Å². The van der Waals surface area contributed by atoms with Crippen molar-refractivity contribution in [2.45, 2.75) is 46.0 Å². The molecule has 0 bridgehead atoms. The third-order valence-electron chi connectivity index (χ3n) is 1.82. The summed E-state index contributed by atoms with van der Waals surface area (Å²) >= 11 is 0. The fraction of sp³-hybridized carbons (Fsp3) is 0.500. The molecule has 89 valence electrons. The molecule has 2 rings (SSSR count). The Kier molecular flexibility index (Phi) is 47.0. The van der Waals surface area contributed by atoms with E-state index in [9.17, 15) is 0 Å². The van der Waals surface area contributed by atoms with Gasteiger partial charge in [0.1, 0.15) is 0 Å². The molecular formula is C14H29Zr. The Morgan fingerprint density at radius 3 is 0.800 bits per heavy atom. The van der Waals surface area contributed by atoms with Crippen molar-refractivity contribution in [3.8, 4) is 0 Å². The van der Waals surface area contributed by atoms with Crippen LogP contribution < -0.4 is 0 Å². The zero-order valence-corrected chi connectivity index (χ0v) is 12.5. The summed E-state index contributed by atoms with van der Waals surface area (Å²) in [6, 6.07) is 0. The number of rotatable bonds is 0. The van der Waals surface area contributed by atoms with Crippen molar-refractivity contribution < 1.29 is 26.2 Å². The molecule has 2 aliphatic rings. The van der Waals surface area contributed by atoms with Crippen molar-refractivity contribution in [1.82, 2.24) is 0 Å². The predicted octanol–water partition coefficient (Wildman–Crippen LogP) is 5.44. The molecule has 0 spiro atoms. The molecule has 0 saturated carbocycles. The molecule has 0 amide bonds. The van der Waals surface area contributed by atoms with E-state index in [1.165, 1.54) is 38.5 Å². The average Bonchev–Trinajstić information content (AvgIpc) is 2.67. The quantitative estimate of drug-likeness (QED) is 0.411. The molecule has 1 heteroatoms. The maximum Gasteiger partial charge on any atom is 3.00 e. The molecule has 0 N–H and O–H groups in total. The van der Waals surface area contributed by atoms with Crippen LogP contribution in [0.5, 0.6) is 0 Å². The van der Waals surface area contributed by atoms with Gasteiger partial charge in [-0.1, -0.05) is 31.7 Å². The van der Waals surface area contributed by atoms with Crippen LogP contribution in [0.25, 0.3) is 0 Å². The molecular weight excluding hydrogens is 259 g/mol. The smallest absolute Gasteiger partial charge is 0.358 e. The van der Waals surface area contributed by atoms with Gasteiger partial charge in [-0.15, -0.1) is 0 Å². The Bertz CT molecular complexity index is 97.3. The minimum absolute atomic E-state index is 0. The Balaban J connectivity index is -0.0000000333. The molecule has 0 saturated heterocycles. The van der Waals surface area contributed by atoms with Crippen LogP contribution in [0.2, 0.25) is 0 Å². The van der Waals surface area contributed by atoms with Crippen molar-refractivity contribution in [3.63, 3.8) is 0 Å². The average molecular weight is 289 g/mol. The van der Waals surface area contributed by atoms with E-state index in [2.05, 4.69) is 24.3 Å². The monoisotopic (exact) mass is 287 g/mol.